The second-order valence-electron chi connectivity index (χ2n) is 4.07. The maximum atomic E-state index is 4.59. The van der Waals surface area contributed by atoms with Crippen LogP contribution >= 0.6 is 0 Å². The van der Waals surface area contributed by atoms with Crippen LogP contribution in [0, 0.1) is 6.92 Å². The summed E-state index contributed by atoms with van der Waals surface area (Å²) in [6, 6.07) is 6.85. The molecule has 1 fully saturated rings. The van der Waals surface area contributed by atoms with Gasteiger partial charge in [0.05, 0.1) is 0 Å². The van der Waals surface area contributed by atoms with Gasteiger partial charge in [0.2, 0.25) is 0 Å². The molecule has 0 aliphatic carbocycles. The van der Waals surface area contributed by atoms with E-state index in [1.807, 2.05) is 13.0 Å². The van der Waals surface area contributed by atoms with Crippen molar-refractivity contribution in [1.82, 2.24) is 10.3 Å². The number of nitrogens with one attached hydrogen (secondary N) is 1. The molecule has 3 nitrogen and oxygen atoms in total. The van der Waals surface area contributed by atoms with E-state index in [1.165, 1.54) is 6.42 Å². The van der Waals surface area contributed by atoms with Gasteiger partial charge in [-0.05, 0) is 38.9 Å². The molecule has 0 amide bonds. The highest BCUT2D eigenvalue weighted by atomic mass is 15.2. The molecule has 1 aromatic rings. The molecule has 0 radical (unpaired) electrons. The summed E-state index contributed by atoms with van der Waals surface area (Å²) >= 11 is 0. The van der Waals surface area contributed by atoms with Crippen LogP contribution in [-0.4, -0.2) is 30.7 Å². The highest BCUT2D eigenvalue weighted by Crippen LogP contribution is 2.17. The summed E-state index contributed by atoms with van der Waals surface area (Å²) in [7, 11) is 0. The van der Waals surface area contributed by atoms with Crippen molar-refractivity contribution < 1.29 is 0 Å². The van der Waals surface area contributed by atoms with Crippen molar-refractivity contribution in [1.29, 1.82) is 0 Å². The van der Waals surface area contributed by atoms with E-state index in [9.17, 15) is 0 Å². The van der Waals surface area contributed by atoms with Crippen molar-refractivity contribution in [2.24, 2.45) is 0 Å². The summed E-state index contributed by atoms with van der Waals surface area (Å²) in [6.07, 6.45) is 1.23. The Morgan fingerprint density at radius 2 is 2.40 bits per heavy atom. The van der Waals surface area contributed by atoms with Crippen LogP contribution in [0.15, 0.2) is 18.2 Å². The Kier molecular flexibility index (Phi) is 3.21. The molecule has 1 aromatic heterocycles. The summed E-state index contributed by atoms with van der Waals surface area (Å²) in [5.74, 6) is 1.12. The van der Waals surface area contributed by atoms with Crippen LogP contribution in [0.4, 0.5) is 5.82 Å². The molecular weight excluding hydrogens is 186 g/mol. The molecule has 1 saturated heterocycles. The number of pyridine rings is 1. The van der Waals surface area contributed by atoms with Crippen molar-refractivity contribution >= 4 is 5.82 Å². The normalized spacial score (nSPS) is 20.5. The van der Waals surface area contributed by atoms with Crippen LogP contribution < -0.4 is 10.2 Å². The lowest BCUT2D eigenvalue weighted by molar-refractivity contribution is 0.639. The van der Waals surface area contributed by atoms with E-state index in [0.29, 0.717) is 6.04 Å². The number of hydrogen-bond donors (Lipinski definition) is 1. The Morgan fingerprint density at radius 3 is 3.00 bits per heavy atom. The summed E-state index contributed by atoms with van der Waals surface area (Å²) in [4.78, 5) is 6.98. The van der Waals surface area contributed by atoms with Crippen LogP contribution in [0.1, 0.15) is 19.0 Å². The molecule has 0 bridgehead atoms. The van der Waals surface area contributed by atoms with Crippen molar-refractivity contribution in [3.05, 3.63) is 23.9 Å². The number of rotatable bonds is 3. The zero-order chi connectivity index (χ0) is 10.7. The number of likely N-dealkylation sites (N-methyl/N-ethyl adjacent to an activating group) is 1. The number of nitrogens with zero attached hydrogens (tertiary/aromatic N) is 2. The molecule has 1 atom stereocenters. The van der Waals surface area contributed by atoms with Gasteiger partial charge < -0.3 is 10.2 Å². The minimum Gasteiger partial charge on any atom is -0.353 e. The monoisotopic (exact) mass is 205 g/mol. The number of hydrogen-bond acceptors (Lipinski definition) is 3. The number of aromatic nitrogens is 1. The molecule has 1 unspecified atom stereocenters. The quantitative estimate of drug-likeness (QED) is 0.812. The fraction of sp³-hybridized carbons (Fsp3) is 0.583. The average Bonchev–Trinajstić information content (AvgIpc) is 2.72. The molecule has 0 aromatic carbocycles. The molecule has 82 valence electrons. The molecule has 0 saturated carbocycles. The van der Waals surface area contributed by atoms with Gasteiger partial charge in [0.15, 0.2) is 0 Å². The van der Waals surface area contributed by atoms with Crippen LogP contribution in [0.3, 0.4) is 0 Å². The van der Waals surface area contributed by atoms with E-state index in [4.69, 9.17) is 0 Å². The van der Waals surface area contributed by atoms with Gasteiger partial charge in [-0.3, -0.25) is 0 Å². The van der Waals surface area contributed by atoms with E-state index in [1.54, 1.807) is 0 Å². The average molecular weight is 205 g/mol. The fourth-order valence-electron chi connectivity index (χ4n) is 2.20. The van der Waals surface area contributed by atoms with E-state index in [-0.39, 0.29) is 0 Å². The molecule has 2 rings (SSSR count). The number of aryl methyl sites for hydroxylation is 1. The van der Waals surface area contributed by atoms with Crippen LogP contribution in [0.2, 0.25) is 0 Å². The third kappa shape index (κ3) is 2.29. The van der Waals surface area contributed by atoms with Crippen molar-refractivity contribution in [2.75, 3.05) is 24.5 Å². The Morgan fingerprint density at radius 1 is 1.53 bits per heavy atom. The molecular formula is C12H19N3. The first kappa shape index (κ1) is 10.4. The third-order valence-corrected chi connectivity index (χ3v) is 2.98. The van der Waals surface area contributed by atoms with Gasteiger partial charge in [0.1, 0.15) is 5.82 Å². The van der Waals surface area contributed by atoms with Crippen LogP contribution in [0.5, 0.6) is 0 Å². The Bertz CT molecular complexity index is 318. The molecule has 1 aliphatic heterocycles. The minimum absolute atomic E-state index is 0.615. The second-order valence-corrected chi connectivity index (χ2v) is 4.07. The van der Waals surface area contributed by atoms with Gasteiger partial charge >= 0.3 is 0 Å². The molecule has 15 heavy (non-hydrogen) atoms. The van der Waals surface area contributed by atoms with E-state index >= 15 is 0 Å². The Balaban J connectivity index is 2.18. The fourth-order valence-corrected chi connectivity index (χ4v) is 2.20. The van der Waals surface area contributed by atoms with Gasteiger partial charge in [0.25, 0.3) is 0 Å². The standard InChI is InChI=1S/C12H19N3/c1-3-15(11-7-8-13-9-11)12-6-4-5-10(2)14-12/h4-6,11,13H,3,7-9H2,1-2H3. The molecule has 0 spiro atoms. The van der Waals surface area contributed by atoms with Crippen LogP contribution in [0.25, 0.3) is 0 Å². The predicted octanol–water partition coefficient (Wildman–Crippen LogP) is 1.58. The molecule has 3 heteroatoms. The maximum Gasteiger partial charge on any atom is 0.129 e. The van der Waals surface area contributed by atoms with Gasteiger partial charge in [-0.2, -0.15) is 0 Å². The highest BCUT2D eigenvalue weighted by Gasteiger charge is 2.21. The zero-order valence-electron chi connectivity index (χ0n) is 9.53. The molecule has 1 N–H and O–H groups in total. The number of anilines is 1. The second kappa shape index (κ2) is 4.62. The lowest BCUT2D eigenvalue weighted by atomic mass is 10.2. The Labute approximate surface area is 91.5 Å². The maximum absolute atomic E-state index is 4.59. The lowest BCUT2D eigenvalue weighted by Gasteiger charge is -2.28. The smallest absolute Gasteiger partial charge is 0.129 e. The first-order chi connectivity index (χ1) is 7.31. The van der Waals surface area contributed by atoms with Gasteiger partial charge in [-0.15, -0.1) is 0 Å². The summed E-state index contributed by atoms with van der Waals surface area (Å²) in [6.45, 7) is 7.49. The predicted molar refractivity (Wildman–Crippen MR) is 63.3 cm³/mol. The van der Waals surface area contributed by atoms with E-state index in [2.05, 4.69) is 34.3 Å². The first-order valence-corrected chi connectivity index (χ1v) is 5.72. The zero-order valence-corrected chi connectivity index (χ0v) is 9.53. The highest BCUT2D eigenvalue weighted by molar-refractivity contribution is 5.40. The SMILES string of the molecule is CCN(c1cccc(C)n1)C1CCNC1. The van der Waals surface area contributed by atoms with Gasteiger partial charge in [-0.25, -0.2) is 4.98 Å². The largest absolute Gasteiger partial charge is 0.353 e. The van der Waals surface area contributed by atoms with E-state index < -0.39 is 0 Å². The lowest BCUT2D eigenvalue weighted by Crippen LogP contribution is -2.37. The van der Waals surface area contributed by atoms with Crippen molar-refractivity contribution in [2.45, 2.75) is 26.3 Å². The molecule has 2 heterocycles. The summed E-state index contributed by atoms with van der Waals surface area (Å²) in [5, 5.41) is 3.40. The van der Waals surface area contributed by atoms with Gasteiger partial charge in [-0.1, -0.05) is 6.07 Å². The van der Waals surface area contributed by atoms with Crippen molar-refractivity contribution in [3.8, 4) is 0 Å². The third-order valence-electron chi connectivity index (χ3n) is 2.98. The van der Waals surface area contributed by atoms with E-state index in [0.717, 1.165) is 31.1 Å². The Hall–Kier alpha value is -1.09. The minimum atomic E-state index is 0.615. The summed E-state index contributed by atoms with van der Waals surface area (Å²) in [5.41, 5.74) is 1.09. The summed E-state index contributed by atoms with van der Waals surface area (Å²) < 4.78 is 0. The van der Waals surface area contributed by atoms with Crippen molar-refractivity contribution in [3.63, 3.8) is 0 Å². The first-order valence-electron chi connectivity index (χ1n) is 5.72. The topological polar surface area (TPSA) is 28.2 Å². The van der Waals surface area contributed by atoms with Gasteiger partial charge in [0, 0.05) is 24.8 Å². The van der Waals surface area contributed by atoms with Crippen LogP contribution in [-0.2, 0) is 0 Å². The molecule has 1 aliphatic rings.